The maximum Gasteiger partial charge on any atom is 0.205 e. The number of nitrogens with zero attached hydrogens (tertiary/aromatic N) is 4. The number of piperazine rings is 1. The molecule has 1 aliphatic heterocycles. The number of fused-ring (bicyclic) bond motifs is 1. The first-order valence-corrected chi connectivity index (χ1v) is 9.66. The number of aromatic nitrogens is 2. The van der Waals surface area contributed by atoms with Crippen LogP contribution in [-0.2, 0) is 6.67 Å². The molecule has 1 saturated heterocycles. The average Bonchev–Trinajstić information content (AvgIpc) is 3.05. The summed E-state index contributed by atoms with van der Waals surface area (Å²) in [5, 5.41) is 13.2. The van der Waals surface area contributed by atoms with E-state index in [0.29, 0.717) is 6.54 Å². The molecule has 2 aromatic carbocycles. The van der Waals surface area contributed by atoms with Crippen molar-refractivity contribution in [3.05, 3.63) is 53.6 Å². The Morgan fingerprint density at radius 1 is 1.00 bits per heavy atom. The summed E-state index contributed by atoms with van der Waals surface area (Å²) in [6.45, 7) is 5.13. The quantitative estimate of drug-likeness (QED) is 0.683. The molecular weight excluding hydrogens is 362 g/mol. The lowest BCUT2D eigenvalue weighted by molar-refractivity contribution is 0.210. The number of hydrogen-bond acceptors (Lipinski definition) is 5. The van der Waals surface area contributed by atoms with Crippen LogP contribution in [-0.4, -0.2) is 58.9 Å². The van der Waals surface area contributed by atoms with Crippen LogP contribution in [0.15, 0.2) is 48.5 Å². The standard InChI is InChI=1S/C20H24ClN5O/c21-16-5-1-3-7-18(16)25-12-10-24(11-13-25)15-26-19-8-4-2-6-17(19)23-20(26)22-9-14-27/h1-8,27H,9-15H2,(H,22,23). The van der Waals surface area contributed by atoms with Crippen LogP contribution in [0.3, 0.4) is 0 Å². The molecule has 142 valence electrons. The van der Waals surface area contributed by atoms with Crippen molar-refractivity contribution in [2.75, 3.05) is 49.5 Å². The monoisotopic (exact) mass is 385 g/mol. The predicted molar refractivity (Wildman–Crippen MR) is 111 cm³/mol. The van der Waals surface area contributed by atoms with Crippen LogP contribution >= 0.6 is 11.6 Å². The van der Waals surface area contributed by atoms with Crippen molar-refractivity contribution in [2.45, 2.75) is 6.67 Å². The topological polar surface area (TPSA) is 56.6 Å². The normalized spacial score (nSPS) is 15.4. The Morgan fingerprint density at radius 3 is 2.52 bits per heavy atom. The van der Waals surface area contributed by atoms with E-state index < -0.39 is 0 Å². The van der Waals surface area contributed by atoms with Crippen molar-refractivity contribution < 1.29 is 5.11 Å². The van der Waals surface area contributed by atoms with Gasteiger partial charge in [-0.3, -0.25) is 9.47 Å². The minimum atomic E-state index is 0.0831. The first-order chi connectivity index (χ1) is 13.3. The van der Waals surface area contributed by atoms with E-state index in [1.807, 2.05) is 36.4 Å². The smallest absolute Gasteiger partial charge is 0.205 e. The van der Waals surface area contributed by atoms with Crippen molar-refractivity contribution in [1.29, 1.82) is 0 Å². The maximum absolute atomic E-state index is 9.15. The highest BCUT2D eigenvalue weighted by Crippen LogP contribution is 2.26. The van der Waals surface area contributed by atoms with Gasteiger partial charge in [0.1, 0.15) is 0 Å². The van der Waals surface area contributed by atoms with Gasteiger partial charge in [0.25, 0.3) is 0 Å². The van der Waals surface area contributed by atoms with Crippen LogP contribution in [0.5, 0.6) is 0 Å². The second-order valence-electron chi connectivity index (χ2n) is 6.70. The third kappa shape index (κ3) is 3.88. The highest BCUT2D eigenvalue weighted by Gasteiger charge is 2.20. The van der Waals surface area contributed by atoms with Gasteiger partial charge in [0.2, 0.25) is 5.95 Å². The minimum Gasteiger partial charge on any atom is -0.395 e. The van der Waals surface area contributed by atoms with Crippen LogP contribution in [0.4, 0.5) is 11.6 Å². The first kappa shape index (κ1) is 18.1. The zero-order chi connectivity index (χ0) is 18.6. The molecule has 3 aromatic rings. The summed E-state index contributed by atoms with van der Waals surface area (Å²) < 4.78 is 2.19. The molecular formula is C20H24ClN5O. The largest absolute Gasteiger partial charge is 0.395 e. The Balaban J connectivity index is 1.48. The Bertz CT molecular complexity index is 904. The van der Waals surface area contributed by atoms with Crippen molar-refractivity contribution in [3.63, 3.8) is 0 Å². The summed E-state index contributed by atoms with van der Waals surface area (Å²) in [6.07, 6.45) is 0. The second kappa shape index (κ2) is 8.17. The fourth-order valence-electron chi connectivity index (χ4n) is 3.56. The SMILES string of the molecule is OCCNc1nc2ccccc2n1CN1CCN(c2ccccc2Cl)CC1. The molecule has 0 aliphatic carbocycles. The number of aliphatic hydroxyl groups excluding tert-OH is 1. The third-order valence-electron chi connectivity index (χ3n) is 4.96. The molecule has 0 radical (unpaired) electrons. The van der Waals surface area contributed by atoms with Crippen molar-refractivity contribution in [3.8, 4) is 0 Å². The lowest BCUT2D eigenvalue weighted by Crippen LogP contribution is -2.47. The van der Waals surface area contributed by atoms with Crippen LogP contribution < -0.4 is 10.2 Å². The molecule has 27 heavy (non-hydrogen) atoms. The van der Waals surface area contributed by atoms with Gasteiger partial charge >= 0.3 is 0 Å². The summed E-state index contributed by atoms with van der Waals surface area (Å²) >= 11 is 6.35. The number of nitrogens with one attached hydrogen (secondary N) is 1. The summed E-state index contributed by atoms with van der Waals surface area (Å²) in [5.74, 6) is 0.804. The van der Waals surface area contributed by atoms with E-state index in [2.05, 4.69) is 36.8 Å². The van der Waals surface area contributed by atoms with Gasteiger partial charge in [-0.05, 0) is 24.3 Å². The number of benzene rings is 2. The first-order valence-electron chi connectivity index (χ1n) is 9.28. The van der Waals surface area contributed by atoms with Gasteiger partial charge in [-0.2, -0.15) is 0 Å². The zero-order valence-corrected chi connectivity index (χ0v) is 15.9. The second-order valence-corrected chi connectivity index (χ2v) is 7.11. The van der Waals surface area contributed by atoms with E-state index in [1.165, 1.54) is 0 Å². The third-order valence-corrected chi connectivity index (χ3v) is 5.28. The number of hydrogen-bond donors (Lipinski definition) is 2. The van der Waals surface area contributed by atoms with Crippen molar-refractivity contribution >= 4 is 34.3 Å². The number of para-hydroxylation sites is 3. The molecule has 1 aromatic heterocycles. The molecule has 4 rings (SSSR count). The van der Waals surface area contributed by atoms with Crippen LogP contribution in [0.1, 0.15) is 0 Å². The molecule has 0 saturated carbocycles. The van der Waals surface area contributed by atoms with E-state index in [4.69, 9.17) is 16.7 Å². The fourth-order valence-corrected chi connectivity index (χ4v) is 3.81. The minimum absolute atomic E-state index is 0.0831. The summed E-state index contributed by atoms with van der Waals surface area (Å²) in [5.41, 5.74) is 3.18. The Morgan fingerprint density at radius 2 is 1.74 bits per heavy atom. The Labute approximate surface area is 164 Å². The average molecular weight is 386 g/mol. The van der Waals surface area contributed by atoms with E-state index >= 15 is 0 Å². The molecule has 0 bridgehead atoms. The highest BCUT2D eigenvalue weighted by atomic mass is 35.5. The van der Waals surface area contributed by atoms with E-state index in [9.17, 15) is 0 Å². The molecule has 2 heterocycles. The molecule has 0 atom stereocenters. The molecule has 2 N–H and O–H groups in total. The van der Waals surface area contributed by atoms with Crippen LogP contribution in [0.2, 0.25) is 5.02 Å². The van der Waals surface area contributed by atoms with Crippen molar-refractivity contribution in [2.24, 2.45) is 0 Å². The molecule has 6 nitrogen and oxygen atoms in total. The number of imidazole rings is 1. The van der Waals surface area contributed by atoms with E-state index in [-0.39, 0.29) is 6.61 Å². The Hall–Kier alpha value is -2.28. The summed E-state index contributed by atoms with van der Waals surface area (Å²) in [7, 11) is 0. The van der Waals surface area contributed by atoms with Crippen molar-refractivity contribution in [1.82, 2.24) is 14.5 Å². The van der Waals surface area contributed by atoms with E-state index in [0.717, 1.165) is 60.5 Å². The van der Waals surface area contributed by atoms with Gasteiger partial charge in [0.15, 0.2) is 0 Å². The van der Waals surface area contributed by atoms with Crippen LogP contribution in [0.25, 0.3) is 11.0 Å². The molecule has 0 spiro atoms. The van der Waals surface area contributed by atoms with E-state index in [1.54, 1.807) is 0 Å². The molecule has 0 unspecified atom stereocenters. The predicted octanol–water partition coefficient (Wildman–Crippen LogP) is 2.87. The lowest BCUT2D eigenvalue weighted by Gasteiger charge is -2.36. The number of rotatable bonds is 6. The summed E-state index contributed by atoms with van der Waals surface area (Å²) in [6, 6.07) is 16.2. The molecule has 1 aliphatic rings. The van der Waals surface area contributed by atoms with Gasteiger partial charge in [-0.1, -0.05) is 35.9 Å². The Kier molecular flexibility index (Phi) is 5.48. The number of anilines is 2. The van der Waals surface area contributed by atoms with Gasteiger partial charge in [-0.25, -0.2) is 4.98 Å². The molecule has 0 amide bonds. The lowest BCUT2D eigenvalue weighted by atomic mass is 10.2. The van der Waals surface area contributed by atoms with Gasteiger partial charge in [-0.15, -0.1) is 0 Å². The molecule has 7 heteroatoms. The molecule has 1 fully saturated rings. The van der Waals surface area contributed by atoms with Gasteiger partial charge in [0, 0.05) is 32.7 Å². The number of aliphatic hydroxyl groups is 1. The van der Waals surface area contributed by atoms with Gasteiger partial charge < -0.3 is 15.3 Å². The summed E-state index contributed by atoms with van der Waals surface area (Å²) in [4.78, 5) is 9.44. The van der Waals surface area contributed by atoms with Gasteiger partial charge in [0.05, 0.1) is 35.0 Å². The number of halogens is 1. The fraction of sp³-hybridized carbons (Fsp3) is 0.350. The zero-order valence-electron chi connectivity index (χ0n) is 15.2. The highest BCUT2D eigenvalue weighted by molar-refractivity contribution is 6.33. The van der Waals surface area contributed by atoms with Crippen LogP contribution in [0, 0.1) is 0 Å². The maximum atomic E-state index is 9.15.